The number of carbonyl (C=O) groups is 1. The second kappa shape index (κ2) is 5.32. The van der Waals surface area contributed by atoms with E-state index >= 15 is 0 Å². The molecule has 0 N–H and O–H groups in total. The van der Waals surface area contributed by atoms with Crippen molar-refractivity contribution in [3.05, 3.63) is 35.9 Å². The Kier molecular flexibility index (Phi) is 4.07. The highest BCUT2D eigenvalue weighted by Crippen LogP contribution is 2.22. The highest BCUT2D eigenvalue weighted by molar-refractivity contribution is 5.76. The van der Waals surface area contributed by atoms with Crippen LogP contribution in [0.15, 0.2) is 30.3 Å². The molecule has 0 saturated heterocycles. The highest BCUT2D eigenvalue weighted by Gasteiger charge is 2.29. The van der Waals surface area contributed by atoms with E-state index in [1.54, 1.807) is 13.8 Å². The molecule has 3 nitrogen and oxygen atoms in total. The Morgan fingerprint density at radius 2 is 2.00 bits per heavy atom. The van der Waals surface area contributed by atoms with Gasteiger partial charge in [0.25, 0.3) is 0 Å². The van der Waals surface area contributed by atoms with E-state index in [-0.39, 0.29) is 19.0 Å². The third-order valence-corrected chi connectivity index (χ3v) is 2.29. The number of carbonyl (C=O) groups excluding carboxylic acids is 1. The van der Waals surface area contributed by atoms with Gasteiger partial charge < -0.3 is 4.74 Å². The molecule has 1 aromatic rings. The van der Waals surface area contributed by atoms with Crippen LogP contribution in [0.2, 0.25) is 0 Å². The van der Waals surface area contributed by atoms with Gasteiger partial charge in [0.15, 0.2) is 0 Å². The van der Waals surface area contributed by atoms with Gasteiger partial charge >= 0.3 is 5.97 Å². The van der Waals surface area contributed by atoms with E-state index in [9.17, 15) is 4.79 Å². The lowest BCUT2D eigenvalue weighted by molar-refractivity contribution is -0.155. The van der Waals surface area contributed by atoms with Crippen molar-refractivity contribution >= 4 is 5.97 Å². The number of nitriles is 1. The molecule has 0 amide bonds. The summed E-state index contributed by atoms with van der Waals surface area (Å²) in [5.41, 5.74) is 0.215. The summed E-state index contributed by atoms with van der Waals surface area (Å²) in [6.45, 7) is 3.68. The zero-order valence-electron chi connectivity index (χ0n) is 9.56. The molecule has 0 unspecified atom stereocenters. The van der Waals surface area contributed by atoms with Crippen LogP contribution in [-0.4, -0.2) is 5.97 Å². The first-order valence-electron chi connectivity index (χ1n) is 5.14. The number of nitrogens with zero attached hydrogens (tertiary/aromatic N) is 1. The lowest BCUT2D eigenvalue weighted by atomic mass is 9.90. The topological polar surface area (TPSA) is 50.1 Å². The quantitative estimate of drug-likeness (QED) is 0.728. The summed E-state index contributed by atoms with van der Waals surface area (Å²) in [6.07, 6.45) is 0.167. The van der Waals surface area contributed by atoms with Crippen molar-refractivity contribution in [2.24, 2.45) is 5.41 Å². The van der Waals surface area contributed by atoms with Crippen LogP contribution in [0.3, 0.4) is 0 Å². The van der Waals surface area contributed by atoms with Crippen LogP contribution >= 0.6 is 0 Å². The second-order valence-electron chi connectivity index (χ2n) is 4.28. The molecule has 0 aliphatic heterocycles. The van der Waals surface area contributed by atoms with Crippen molar-refractivity contribution in [3.8, 4) is 6.07 Å². The molecule has 0 aliphatic rings. The van der Waals surface area contributed by atoms with Gasteiger partial charge in [-0.3, -0.25) is 4.79 Å². The van der Waals surface area contributed by atoms with Crippen LogP contribution in [0.1, 0.15) is 25.8 Å². The molecule has 0 aromatic heterocycles. The van der Waals surface area contributed by atoms with Crippen molar-refractivity contribution < 1.29 is 9.53 Å². The Bertz CT molecular complexity index is 390. The van der Waals surface area contributed by atoms with Crippen molar-refractivity contribution in [1.29, 1.82) is 5.26 Å². The van der Waals surface area contributed by atoms with Gasteiger partial charge in [0.1, 0.15) is 6.61 Å². The van der Waals surface area contributed by atoms with Crippen LogP contribution in [0.4, 0.5) is 0 Å². The Balaban J connectivity index is 2.51. The van der Waals surface area contributed by atoms with Gasteiger partial charge in [-0.2, -0.15) is 5.26 Å². The van der Waals surface area contributed by atoms with E-state index in [0.29, 0.717) is 0 Å². The molecular weight excluding hydrogens is 202 g/mol. The summed E-state index contributed by atoms with van der Waals surface area (Å²) in [7, 11) is 0. The van der Waals surface area contributed by atoms with E-state index in [2.05, 4.69) is 0 Å². The van der Waals surface area contributed by atoms with E-state index in [4.69, 9.17) is 10.00 Å². The van der Waals surface area contributed by atoms with Gasteiger partial charge in [0.2, 0.25) is 0 Å². The summed E-state index contributed by atoms with van der Waals surface area (Å²) in [4.78, 5) is 11.7. The fourth-order valence-electron chi connectivity index (χ4n) is 1.19. The van der Waals surface area contributed by atoms with Gasteiger partial charge in [-0.05, 0) is 19.4 Å². The SMILES string of the molecule is CC(C)(CC#N)C(=O)OCc1ccccc1. The minimum absolute atomic E-state index is 0.167. The van der Waals surface area contributed by atoms with Gasteiger partial charge in [-0.25, -0.2) is 0 Å². The van der Waals surface area contributed by atoms with Crippen molar-refractivity contribution in [1.82, 2.24) is 0 Å². The van der Waals surface area contributed by atoms with Crippen molar-refractivity contribution in [2.75, 3.05) is 0 Å². The third kappa shape index (κ3) is 3.39. The number of hydrogen-bond donors (Lipinski definition) is 0. The fourth-order valence-corrected chi connectivity index (χ4v) is 1.19. The third-order valence-electron chi connectivity index (χ3n) is 2.29. The van der Waals surface area contributed by atoms with Crippen LogP contribution in [-0.2, 0) is 16.1 Å². The molecule has 0 bridgehead atoms. The van der Waals surface area contributed by atoms with E-state index in [1.807, 2.05) is 36.4 Å². The van der Waals surface area contributed by atoms with Gasteiger partial charge in [-0.15, -0.1) is 0 Å². The molecule has 1 rings (SSSR count). The molecular formula is C13H15NO2. The number of hydrogen-bond acceptors (Lipinski definition) is 3. The predicted molar refractivity (Wildman–Crippen MR) is 60.2 cm³/mol. The molecule has 1 aromatic carbocycles. The standard InChI is InChI=1S/C13H15NO2/c1-13(2,8-9-14)12(15)16-10-11-6-4-3-5-7-11/h3-7H,8,10H2,1-2H3. The monoisotopic (exact) mass is 217 g/mol. The lowest BCUT2D eigenvalue weighted by Crippen LogP contribution is -2.26. The maximum absolute atomic E-state index is 11.7. The summed E-state index contributed by atoms with van der Waals surface area (Å²) >= 11 is 0. The summed E-state index contributed by atoms with van der Waals surface area (Å²) in [6, 6.07) is 11.5. The lowest BCUT2D eigenvalue weighted by Gasteiger charge is -2.18. The molecule has 0 atom stereocenters. The normalized spacial score (nSPS) is 10.6. The van der Waals surface area contributed by atoms with Crippen LogP contribution < -0.4 is 0 Å². The smallest absolute Gasteiger partial charge is 0.312 e. The number of esters is 1. The van der Waals surface area contributed by atoms with E-state index < -0.39 is 5.41 Å². The average molecular weight is 217 g/mol. The Morgan fingerprint density at radius 1 is 1.38 bits per heavy atom. The maximum Gasteiger partial charge on any atom is 0.312 e. The maximum atomic E-state index is 11.7. The Morgan fingerprint density at radius 3 is 2.56 bits per heavy atom. The van der Waals surface area contributed by atoms with Gasteiger partial charge in [0, 0.05) is 0 Å². The number of benzene rings is 1. The first-order chi connectivity index (χ1) is 7.56. The molecule has 0 heterocycles. The first kappa shape index (κ1) is 12.3. The molecule has 84 valence electrons. The molecule has 3 heteroatoms. The molecule has 0 spiro atoms. The highest BCUT2D eigenvalue weighted by atomic mass is 16.5. The minimum atomic E-state index is -0.733. The van der Waals surface area contributed by atoms with Gasteiger partial charge in [-0.1, -0.05) is 30.3 Å². The zero-order valence-corrected chi connectivity index (χ0v) is 9.56. The fraction of sp³-hybridized carbons (Fsp3) is 0.385. The Hall–Kier alpha value is -1.82. The molecule has 0 fully saturated rings. The number of rotatable bonds is 4. The molecule has 16 heavy (non-hydrogen) atoms. The predicted octanol–water partition coefficient (Wildman–Crippen LogP) is 2.67. The molecule has 0 aliphatic carbocycles. The van der Waals surface area contributed by atoms with Crippen molar-refractivity contribution in [2.45, 2.75) is 26.9 Å². The van der Waals surface area contributed by atoms with Gasteiger partial charge in [0.05, 0.1) is 17.9 Å². The molecule has 0 saturated carbocycles. The van der Waals surface area contributed by atoms with Crippen molar-refractivity contribution in [3.63, 3.8) is 0 Å². The van der Waals surface area contributed by atoms with Crippen LogP contribution in [0.5, 0.6) is 0 Å². The minimum Gasteiger partial charge on any atom is -0.460 e. The van der Waals surface area contributed by atoms with Crippen LogP contribution in [0.25, 0.3) is 0 Å². The zero-order chi connectivity index (χ0) is 12.0. The van der Waals surface area contributed by atoms with Crippen LogP contribution in [0, 0.1) is 16.7 Å². The summed E-state index contributed by atoms with van der Waals surface area (Å²) < 4.78 is 5.16. The molecule has 0 radical (unpaired) electrons. The Labute approximate surface area is 95.7 Å². The summed E-state index contributed by atoms with van der Waals surface area (Å²) in [5.74, 6) is -0.335. The number of ether oxygens (including phenoxy) is 1. The van der Waals surface area contributed by atoms with E-state index in [1.165, 1.54) is 0 Å². The van der Waals surface area contributed by atoms with E-state index in [0.717, 1.165) is 5.56 Å². The second-order valence-corrected chi connectivity index (χ2v) is 4.28. The summed E-state index contributed by atoms with van der Waals surface area (Å²) in [5, 5.41) is 8.58. The average Bonchev–Trinajstić information content (AvgIpc) is 2.27. The first-order valence-corrected chi connectivity index (χ1v) is 5.14. The largest absolute Gasteiger partial charge is 0.460 e.